The van der Waals surface area contributed by atoms with Crippen molar-refractivity contribution >= 4 is 60.5 Å². The van der Waals surface area contributed by atoms with Gasteiger partial charge in [0.15, 0.2) is 0 Å². The van der Waals surface area contributed by atoms with Gasteiger partial charge in [-0.1, -0.05) is 72.8 Å². The van der Waals surface area contributed by atoms with Gasteiger partial charge in [0.1, 0.15) is 0 Å². The molecule has 0 saturated carbocycles. The van der Waals surface area contributed by atoms with Gasteiger partial charge in [0.05, 0.1) is 16.6 Å². The lowest BCUT2D eigenvalue weighted by Crippen LogP contribution is -2.09. The molecule has 45 heavy (non-hydrogen) atoms. The Kier molecular flexibility index (Phi) is 5.82. The summed E-state index contributed by atoms with van der Waals surface area (Å²) in [5.41, 5.74) is 9.35. The fourth-order valence-corrected chi connectivity index (χ4v) is 6.79. The van der Waals surface area contributed by atoms with Crippen molar-refractivity contribution in [1.29, 1.82) is 0 Å². The summed E-state index contributed by atoms with van der Waals surface area (Å²) >= 11 is 0. The molecular formula is C42H29N3. The van der Waals surface area contributed by atoms with Crippen molar-refractivity contribution in [2.45, 2.75) is 0 Å². The van der Waals surface area contributed by atoms with Crippen LogP contribution < -0.4 is 4.90 Å². The van der Waals surface area contributed by atoms with Crippen LogP contribution in [-0.2, 0) is 0 Å². The molecule has 0 fully saturated rings. The van der Waals surface area contributed by atoms with Gasteiger partial charge in [-0.25, -0.2) is 0 Å². The maximum absolute atomic E-state index is 2.38. The Hall–Kier alpha value is -6.06. The number of nitrogens with zero attached hydrogens (tertiary/aromatic N) is 3. The first-order valence-corrected chi connectivity index (χ1v) is 15.4. The molecule has 0 N–H and O–H groups in total. The van der Waals surface area contributed by atoms with E-state index in [2.05, 4.69) is 190 Å². The lowest BCUT2D eigenvalue weighted by molar-refractivity contribution is 1.13. The molecule has 3 heteroatoms. The van der Waals surface area contributed by atoms with E-state index in [-0.39, 0.29) is 0 Å². The number of para-hydroxylation sites is 4. The summed E-state index contributed by atoms with van der Waals surface area (Å²) in [5, 5.41) is 6.24. The van der Waals surface area contributed by atoms with Crippen molar-refractivity contribution in [1.82, 2.24) is 9.13 Å². The largest absolute Gasteiger partial charge is 0.317 e. The Morgan fingerprint density at radius 2 is 0.933 bits per heavy atom. The molecule has 2 aromatic heterocycles. The first kappa shape index (κ1) is 25.4. The highest BCUT2D eigenvalue weighted by atomic mass is 15.1. The lowest BCUT2D eigenvalue weighted by atomic mass is 10.0. The molecule has 9 rings (SSSR count). The summed E-state index contributed by atoms with van der Waals surface area (Å²) in [6, 6.07) is 60.9. The molecule has 3 nitrogen and oxygen atoms in total. The molecule has 9 aromatic rings. The van der Waals surface area contributed by atoms with Crippen LogP contribution in [0.3, 0.4) is 0 Å². The molecule has 7 aromatic carbocycles. The van der Waals surface area contributed by atoms with Crippen LogP contribution in [0.1, 0.15) is 0 Å². The molecule has 0 aliphatic rings. The molecule has 0 unspecified atom stereocenters. The van der Waals surface area contributed by atoms with Gasteiger partial charge in [-0.15, -0.1) is 0 Å². The van der Waals surface area contributed by atoms with Gasteiger partial charge < -0.3 is 14.0 Å². The average molecular weight is 576 g/mol. The summed E-state index contributed by atoms with van der Waals surface area (Å²) in [4.78, 5) is 2.29. The van der Waals surface area contributed by atoms with Crippen LogP contribution >= 0.6 is 0 Å². The van der Waals surface area contributed by atoms with Gasteiger partial charge in [0.2, 0.25) is 0 Å². The van der Waals surface area contributed by atoms with Gasteiger partial charge in [0, 0.05) is 50.8 Å². The number of hydrogen-bond acceptors (Lipinski definition) is 1. The third-order valence-corrected chi connectivity index (χ3v) is 8.87. The van der Waals surface area contributed by atoms with E-state index in [4.69, 9.17) is 0 Å². The summed E-state index contributed by atoms with van der Waals surface area (Å²) in [6.07, 6.45) is 2.18. The molecule has 0 spiro atoms. The number of benzene rings is 7. The molecule has 0 saturated heterocycles. The van der Waals surface area contributed by atoms with Crippen molar-refractivity contribution in [2.24, 2.45) is 0 Å². The van der Waals surface area contributed by atoms with E-state index >= 15 is 0 Å². The van der Waals surface area contributed by atoms with Crippen LogP contribution in [0.2, 0.25) is 0 Å². The van der Waals surface area contributed by atoms with Gasteiger partial charge >= 0.3 is 0 Å². The average Bonchev–Trinajstić information content (AvgIpc) is 3.66. The number of anilines is 3. The molecule has 0 aliphatic heterocycles. The van der Waals surface area contributed by atoms with E-state index in [1.807, 2.05) is 0 Å². The maximum Gasteiger partial charge on any atom is 0.0547 e. The second kappa shape index (κ2) is 10.3. The highest BCUT2D eigenvalue weighted by Crippen LogP contribution is 2.38. The number of fused-ring (bicyclic) bond motifs is 5. The molecule has 0 aliphatic carbocycles. The van der Waals surface area contributed by atoms with E-state index in [9.17, 15) is 0 Å². The molecule has 0 atom stereocenters. The smallest absolute Gasteiger partial charge is 0.0547 e. The van der Waals surface area contributed by atoms with Crippen molar-refractivity contribution in [2.75, 3.05) is 4.90 Å². The fraction of sp³-hybridized carbons (Fsp3) is 0. The third kappa shape index (κ3) is 4.21. The number of rotatable bonds is 5. The minimum absolute atomic E-state index is 1.12. The molecule has 0 amide bonds. The third-order valence-electron chi connectivity index (χ3n) is 8.87. The van der Waals surface area contributed by atoms with Crippen molar-refractivity contribution < 1.29 is 0 Å². The molecule has 0 radical (unpaired) electrons. The Morgan fingerprint density at radius 1 is 0.356 bits per heavy atom. The first-order valence-electron chi connectivity index (χ1n) is 15.4. The summed E-state index contributed by atoms with van der Waals surface area (Å²) < 4.78 is 4.68. The molecule has 212 valence electrons. The maximum atomic E-state index is 2.38. The number of aromatic nitrogens is 2. The van der Waals surface area contributed by atoms with Gasteiger partial charge in [-0.3, -0.25) is 0 Å². The van der Waals surface area contributed by atoms with Crippen LogP contribution in [0.5, 0.6) is 0 Å². The zero-order valence-corrected chi connectivity index (χ0v) is 24.6. The highest BCUT2D eigenvalue weighted by Gasteiger charge is 2.15. The van der Waals surface area contributed by atoms with Crippen LogP contribution in [-0.4, -0.2) is 9.13 Å². The van der Waals surface area contributed by atoms with Crippen molar-refractivity contribution in [3.05, 3.63) is 176 Å². The quantitative estimate of drug-likeness (QED) is 0.199. The molecule has 0 bridgehead atoms. The Balaban J connectivity index is 1.16. The zero-order valence-electron chi connectivity index (χ0n) is 24.6. The highest BCUT2D eigenvalue weighted by molar-refractivity contribution is 6.15. The minimum Gasteiger partial charge on any atom is -0.317 e. The number of hydrogen-bond donors (Lipinski definition) is 0. The Bertz CT molecular complexity index is 2420. The van der Waals surface area contributed by atoms with Crippen LogP contribution in [0.15, 0.2) is 176 Å². The fourth-order valence-electron chi connectivity index (χ4n) is 6.79. The molecular weight excluding hydrogens is 546 g/mol. The lowest BCUT2D eigenvalue weighted by Gasteiger charge is -2.25. The zero-order chi connectivity index (χ0) is 29.7. The van der Waals surface area contributed by atoms with E-state index in [1.54, 1.807) is 0 Å². The van der Waals surface area contributed by atoms with Gasteiger partial charge in [-0.2, -0.15) is 0 Å². The van der Waals surface area contributed by atoms with Gasteiger partial charge in [0.25, 0.3) is 0 Å². The van der Waals surface area contributed by atoms with E-state index < -0.39 is 0 Å². The first-order chi connectivity index (χ1) is 22.3. The van der Waals surface area contributed by atoms with Crippen LogP contribution in [0, 0.1) is 0 Å². The Labute approximate surface area is 261 Å². The van der Waals surface area contributed by atoms with Gasteiger partial charge in [-0.05, 0) is 108 Å². The topological polar surface area (TPSA) is 13.1 Å². The monoisotopic (exact) mass is 575 g/mol. The summed E-state index contributed by atoms with van der Waals surface area (Å²) in [6.45, 7) is 0. The SMILES string of the molecule is c1ccc(N(c2ccccc2)c2ccc(-n3ccc4cc5cc6c(cc5cc43)c3ccccc3n6-c3ccccc3)cc2)cc1. The van der Waals surface area contributed by atoms with Crippen molar-refractivity contribution in [3.63, 3.8) is 0 Å². The summed E-state index contributed by atoms with van der Waals surface area (Å²) in [5.74, 6) is 0. The second-order valence-corrected chi connectivity index (χ2v) is 11.5. The summed E-state index contributed by atoms with van der Waals surface area (Å²) in [7, 11) is 0. The van der Waals surface area contributed by atoms with Crippen LogP contribution in [0.4, 0.5) is 17.1 Å². The minimum atomic E-state index is 1.12. The predicted molar refractivity (Wildman–Crippen MR) is 190 cm³/mol. The Morgan fingerprint density at radius 3 is 1.64 bits per heavy atom. The van der Waals surface area contributed by atoms with E-state index in [0.29, 0.717) is 0 Å². The standard InChI is InChI=1S/C42H29N3/c1-4-12-34(13-5-1)44(35-14-6-2-7-15-35)37-22-20-33(21-23-37)43-25-24-30-26-31-29-42-39(27-32(31)28-41(30)43)38-18-10-11-19-40(38)45(42)36-16-8-3-9-17-36/h1-29H. The van der Waals surface area contributed by atoms with E-state index in [1.165, 1.54) is 49.2 Å². The normalized spacial score (nSPS) is 11.6. The molecule has 2 heterocycles. The van der Waals surface area contributed by atoms with Crippen LogP contribution in [0.25, 0.3) is 54.9 Å². The van der Waals surface area contributed by atoms with E-state index in [0.717, 1.165) is 22.7 Å². The predicted octanol–water partition coefficient (Wildman–Crippen LogP) is 11.4. The van der Waals surface area contributed by atoms with Crippen molar-refractivity contribution in [3.8, 4) is 11.4 Å². The second-order valence-electron chi connectivity index (χ2n) is 11.5.